The van der Waals surface area contributed by atoms with Crippen molar-refractivity contribution in [2.75, 3.05) is 0 Å². The number of hydrogen-bond donors (Lipinski definition) is 4. The Bertz CT molecular complexity index is 284. The molecule has 0 fully saturated rings. The van der Waals surface area contributed by atoms with Gasteiger partial charge < -0.3 is 22.9 Å². The molecule has 8 N–H and O–H groups in total. The minimum atomic E-state index is -0.126. The zero-order valence-corrected chi connectivity index (χ0v) is 9.11. The Hall–Kier alpha value is -1.83. The van der Waals surface area contributed by atoms with Gasteiger partial charge in [0.25, 0.3) is 0 Å². The van der Waals surface area contributed by atoms with Crippen molar-refractivity contribution in [2.45, 2.75) is 13.3 Å². The van der Waals surface area contributed by atoms with E-state index in [9.17, 15) is 0 Å². The van der Waals surface area contributed by atoms with Crippen LogP contribution in [-0.4, -0.2) is 23.8 Å². The van der Waals surface area contributed by atoms with Crippen LogP contribution in [0, 0.1) is 0 Å². The number of nitrogens with zero attached hydrogens (tertiary/aromatic N) is 4. The molecule has 0 heterocycles. The van der Waals surface area contributed by atoms with E-state index >= 15 is 0 Å². The molecule has 0 amide bonds. The highest BCUT2D eigenvalue weighted by atomic mass is 35.5. The zero-order valence-electron chi connectivity index (χ0n) is 8.29. The lowest BCUT2D eigenvalue weighted by Gasteiger charge is -1.91. The highest BCUT2D eigenvalue weighted by Gasteiger charge is 1.89. The Morgan fingerprint density at radius 3 is 1.93 bits per heavy atom. The Balaban J connectivity index is 0. The molecule has 0 unspecified atom stereocenters. The van der Waals surface area contributed by atoms with E-state index in [1.54, 1.807) is 0 Å². The van der Waals surface area contributed by atoms with Crippen LogP contribution in [0.5, 0.6) is 0 Å². The minimum absolute atomic E-state index is 0. The van der Waals surface area contributed by atoms with Gasteiger partial charge >= 0.3 is 0 Å². The van der Waals surface area contributed by atoms with E-state index in [2.05, 4.69) is 20.4 Å². The SMILES string of the molecule is CCC(/C=N/N=C(N)N)=N\N=C(N)N.Cl. The van der Waals surface area contributed by atoms with Gasteiger partial charge in [-0.05, 0) is 6.42 Å². The molecule has 0 aromatic heterocycles. The summed E-state index contributed by atoms with van der Waals surface area (Å²) in [7, 11) is 0. The molecule has 0 rings (SSSR count). The topological polar surface area (TPSA) is 154 Å². The van der Waals surface area contributed by atoms with E-state index in [0.29, 0.717) is 12.1 Å². The molecule has 8 nitrogen and oxygen atoms in total. The molecule has 0 spiro atoms. The second-order valence-electron chi connectivity index (χ2n) is 2.24. The molecule has 0 saturated heterocycles. The smallest absolute Gasteiger partial charge is 0.211 e. The quantitative estimate of drug-likeness (QED) is 0.271. The van der Waals surface area contributed by atoms with Gasteiger partial charge in [-0.3, -0.25) is 0 Å². The Kier molecular flexibility index (Phi) is 9.12. The predicted molar refractivity (Wildman–Crippen MR) is 65.1 cm³/mol. The Morgan fingerprint density at radius 1 is 1.00 bits per heavy atom. The van der Waals surface area contributed by atoms with Crippen molar-refractivity contribution < 1.29 is 0 Å². The summed E-state index contributed by atoms with van der Waals surface area (Å²) < 4.78 is 0. The van der Waals surface area contributed by atoms with Gasteiger partial charge in [0, 0.05) is 0 Å². The third-order valence-corrected chi connectivity index (χ3v) is 1.04. The molecule has 0 saturated carbocycles. The lowest BCUT2D eigenvalue weighted by Crippen LogP contribution is -2.22. The fourth-order valence-electron chi connectivity index (χ4n) is 0.472. The van der Waals surface area contributed by atoms with Gasteiger partial charge in [0.1, 0.15) is 0 Å². The second kappa shape index (κ2) is 8.75. The molecule has 9 heteroatoms. The average Bonchev–Trinajstić information content (AvgIpc) is 2.10. The summed E-state index contributed by atoms with van der Waals surface area (Å²) in [6.45, 7) is 1.86. The number of nitrogens with two attached hydrogens (primary N) is 4. The summed E-state index contributed by atoms with van der Waals surface area (Å²) in [5.41, 5.74) is 20.8. The number of halogens is 1. The first-order valence-corrected chi connectivity index (χ1v) is 3.83. The van der Waals surface area contributed by atoms with Crippen molar-refractivity contribution in [3.05, 3.63) is 0 Å². The maximum atomic E-state index is 5.08. The molecule has 86 valence electrons. The minimum Gasteiger partial charge on any atom is -0.369 e. The van der Waals surface area contributed by atoms with Crippen LogP contribution >= 0.6 is 12.4 Å². The summed E-state index contributed by atoms with van der Waals surface area (Å²) in [5, 5.41) is 14.1. The lowest BCUT2D eigenvalue weighted by atomic mass is 10.3. The molecule has 0 aliphatic heterocycles. The van der Waals surface area contributed by atoms with Crippen molar-refractivity contribution in [2.24, 2.45) is 43.3 Å². The summed E-state index contributed by atoms with van der Waals surface area (Å²) in [4.78, 5) is 0. The molecule has 15 heavy (non-hydrogen) atoms. The average molecular weight is 235 g/mol. The molecular formula is C6H15ClN8. The normalized spacial score (nSPS) is 10.6. The van der Waals surface area contributed by atoms with Crippen LogP contribution in [0.2, 0.25) is 0 Å². The summed E-state index contributed by atoms with van der Waals surface area (Å²) in [6, 6.07) is 0. The first-order chi connectivity index (χ1) is 6.56. The van der Waals surface area contributed by atoms with Crippen molar-refractivity contribution in [3.8, 4) is 0 Å². The van der Waals surface area contributed by atoms with Crippen LogP contribution in [0.4, 0.5) is 0 Å². The van der Waals surface area contributed by atoms with E-state index in [-0.39, 0.29) is 24.3 Å². The van der Waals surface area contributed by atoms with Crippen molar-refractivity contribution in [3.63, 3.8) is 0 Å². The zero-order chi connectivity index (χ0) is 11.0. The third kappa shape index (κ3) is 10.1. The second-order valence-corrected chi connectivity index (χ2v) is 2.24. The van der Waals surface area contributed by atoms with Gasteiger partial charge in [-0.25, -0.2) is 0 Å². The monoisotopic (exact) mass is 234 g/mol. The fraction of sp³-hybridized carbons (Fsp3) is 0.333. The predicted octanol–water partition coefficient (Wildman–Crippen LogP) is -1.29. The number of rotatable bonds is 4. The van der Waals surface area contributed by atoms with Crippen LogP contribution in [0.15, 0.2) is 20.4 Å². The molecule has 0 bridgehead atoms. The molecule has 0 aromatic carbocycles. The number of guanidine groups is 2. The number of hydrogen-bond acceptors (Lipinski definition) is 4. The Morgan fingerprint density at radius 2 is 1.53 bits per heavy atom. The molecule has 0 radical (unpaired) electrons. The first kappa shape index (κ1) is 15.6. The highest BCUT2D eigenvalue weighted by Crippen LogP contribution is 1.84. The maximum Gasteiger partial charge on any atom is 0.211 e. The van der Waals surface area contributed by atoms with Gasteiger partial charge in [-0.1, -0.05) is 6.92 Å². The van der Waals surface area contributed by atoms with E-state index in [4.69, 9.17) is 22.9 Å². The summed E-state index contributed by atoms with van der Waals surface area (Å²) in [5.74, 6) is -0.246. The molecule has 0 atom stereocenters. The first-order valence-electron chi connectivity index (χ1n) is 3.83. The van der Waals surface area contributed by atoms with E-state index < -0.39 is 0 Å². The summed E-state index contributed by atoms with van der Waals surface area (Å²) >= 11 is 0. The van der Waals surface area contributed by atoms with Crippen LogP contribution in [0.1, 0.15) is 13.3 Å². The Labute approximate surface area is 93.6 Å². The largest absolute Gasteiger partial charge is 0.369 e. The maximum absolute atomic E-state index is 5.08. The van der Waals surface area contributed by atoms with Crippen LogP contribution in [0.25, 0.3) is 0 Å². The molecule has 0 aromatic rings. The van der Waals surface area contributed by atoms with Gasteiger partial charge in [0.15, 0.2) is 0 Å². The molecule has 0 aliphatic rings. The van der Waals surface area contributed by atoms with Gasteiger partial charge in [-0.15, -0.1) is 22.6 Å². The van der Waals surface area contributed by atoms with Crippen LogP contribution in [0.3, 0.4) is 0 Å². The van der Waals surface area contributed by atoms with Crippen molar-refractivity contribution in [1.82, 2.24) is 0 Å². The fourth-order valence-corrected chi connectivity index (χ4v) is 0.472. The standard InChI is InChI=1S/C6H14N8.ClH/c1-2-4(12-14-6(9)10)3-11-13-5(7)8;/h3H,2H2,1H3,(H4,7,8,13)(H4,9,10,14);1H/b11-3+,12-4+;. The molecular weight excluding hydrogens is 220 g/mol. The van der Waals surface area contributed by atoms with Crippen LogP contribution < -0.4 is 22.9 Å². The third-order valence-electron chi connectivity index (χ3n) is 1.04. The van der Waals surface area contributed by atoms with Crippen molar-refractivity contribution in [1.29, 1.82) is 0 Å². The molecule has 0 aliphatic carbocycles. The van der Waals surface area contributed by atoms with E-state index in [1.807, 2.05) is 6.92 Å². The van der Waals surface area contributed by atoms with Gasteiger partial charge in [0.2, 0.25) is 11.9 Å². The lowest BCUT2D eigenvalue weighted by molar-refractivity contribution is 1.16. The summed E-state index contributed by atoms with van der Waals surface area (Å²) in [6.07, 6.45) is 1.98. The van der Waals surface area contributed by atoms with E-state index in [0.717, 1.165) is 0 Å². The van der Waals surface area contributed by atoms with E-state index in [1.165, 1.54) is 6.21 Å². The van der Waals surface area contributed by atoms with Crippen LogP contribution in [-0.2, 0) is 0 Å². The van der Waals surface area contributed by atoms with Gasteiger partial charge in [-0.2, -0.15) is 10.2 Å². The van der Waals surface area contributed by atoms with Crippen molar-refractivity contribution >= 4 is 36.3 Å². The van der Waals surface area contributed by atoms with Gasteiger partial charge in [0.05, 0.1) is 11.9 Å². The highest BCUT2D eigenvalue weighted by molar-refractivity contribution is 6.30.